The zero-order chi connectivity index (χ0) is 13.1. The lowest BCUT2D eigenvalue weighted by atomic mass is 9.82. The predicted molar refractivity (Wildman–Crippen MR) is 68.5 cm³/mol. The molecule has 1 aliphatic carbocycles. The molecule has 1 fully saturated rings. The largest absolute Gasteiger partial charge is 0.376 e. The summed E-state index contributed by atoms with van der Waals surface area (Å²) in [5.74, 6) is -0.145. The third-order valence-corrected chi connectivity index (χ3v) is 3.38. The molecule has 0 aromatic carbocycles. The van der Waals surface area contributed by atoms with Crippen molar-refractivity contribution >= 4 is 17.5 Å². The summed E-state index contributed by atoms with van der Waals surface area (Å²) in [4.78, 5) is 11.6. The molecule has 4 unspecified atom stereocenters. The lowest BCUT2D eigenvalue weighted by Gasteiger charge is -2.44. The van der Waals surface area contributed by atoms with E-state index in [9.17, 15) is 4.79 Å². The minimum Gasteiger partial charge on any atom is -0.376 e. The van der Waals surface area contributed by atoms with E-state index in [1.54, 1.807) is 13.1 Å². The second kappa shape index (κ2) is 5.71. The molecule has 6 heteroatoms. The van der Waals surface area contributed by atoms with Crippen molar-refractivity contribution in [3.63, 3.8) is 0 Å². The summed E-state index contributed by atoms with van der Waals surface area (Å²) in [5, 5.41) is 6.64. The molecule has 1 heterocycles. The molecule has 0 spiro atoms. The Hall–Kier alpha value is -1.07. The lowest BCUT2D eigenvalue weighted by Crippen LogP contribution is -2.57. The highest BCUT2D eigenvalue weighted by Crippen LogP contribution is 2.35. The Labute approximate surface area is 111 Å². The molecule has 0 radical (unpaired) electrons. The van der Waals surface area contributed by atoms with Gasteiger partial charge in [0.05, 0.1) is 18.2 Å². The van der Waals surface area contributed by atoms with Crippen LogP contribution in [0.5, 0.6) is 0 Å². The minimum absolute atomic E-state index is 0.0372. The van der Waals surface area contributed by atoms with Crippen LogP contribution in [0, 0.1) is 0 Å². The van der Waals surface area contributed by atoms with Crippen LogP contribution >= 0.6 is 11.6 Å². The second-order valence-electron chi connectivity index (χ2n) is 4.44. The molecule has 0 saturated heterocycles. The van der Waals surface area contributed by atoms with Crippen molar-refractivity contribution in [2.75, 3.05) is 6.61 Å². The highest BCUT2D eigenvalue weighted by atomic mass is 35.5. The molecule has 1 aromatic rings. The van der Waals surface area contributed by atoms with Crippen LogP contribution in [0.1, 0.15) is 26.3 Å². The number of amides is 1. The Morgan fingerprint density at radius 2 is 2.50 bits per heavy atom. The van der Waals surface area contributed by atoms with Gasteiger partial charge in [0, 0.05) is 19.0 Å². The molecule has 1 saturated carbocycles. The van der Waals surface area contributed by atoms with Gasteiger partial charge in [0.15, 0.2) is 0 Å². The third-order valence-electron chi connectivity index (χ3n) is 3.18. The molecule has 0 bridgehead atoms. The molecule has 2 rings (SSSR count). The number of hydrogen-bond donors (Lipinski definition) is 1. The van der Waals surface area contributed by atoms with Crippen LogP contribution in [0.15, 0.2) is 18.5 Å². The van der Waals surface area contributed by atoms with Gasteiger partial charge >= 0.3 is 0 Å². The van der Waals surface area contributed by atoms with Gasteiger partial charge in [-0.3, -0.25) is 9.48 Å². The Morgan fingerprint density at radius 1 is 1.72 bits per heavy atom. The van der Waals surface area contributed by atoms with E-state index in [1.165, 1.54) is 0 Å². The quantitative estimate of drug-likeness (QED) is 0.823. The first-order valence-corrected chi connectivity index (χ1v) is 6.62. The van der Waals surface area contributed by atoms with Gasteiger partial charge in [0.2, 0.25) is 5.91 Å². The van der Waals surface area contributed by atoms with Crippen molar-refractivity contribution in [2.24, 2.45) is 0 Å². The molecule has 5 nitrogen and oxygen atoms in total. The van der Waals surface area contributed by atoms with Crippen molar-refractivity contribution in [3.05, 3.63) is 18.5 Å². The maximum atomic E-state index is 11.6. The fourth-order valence-electron chi connectivity index (χ4n) is 2.23. The van der Waals surface area contributed by atoms with E-state index >= 15 is 0 Å². The summed E-state index contributed by atoms with van der Waals surface area (Å²) in [7, 11) is 0. The highest BCUT2D eigenvalue weighted by Gasteiger charge is 2.44. The molecule has 1 amide bonds. The molecule has 0 aliphatic heterocycles. The number of rotatable bonds is 5. The first-order valence-electron chi connectivity index (χ1n) is 6.18. The van der Waals surface area contributed by atoms with Gasteiger partial charge in [-0.15, -0.1) is 11.6 Å². The average molecular weight is 272 g/mol. The van der Waals surface area contributed by atoms with E-state index in [0.29, 0.717) is 6.61 Å². The van der Waals surface area contributed by atoms with Crippen molar-refractivity contribution < 1.29 is 9.53 Å². The van der Waals surface area contributed by atoms with Crippen LogP contribution in [0.3, 0.4) is 0 Å². The van der Waals surface area contributed by atoms with E-state index in [0.717, 1.165) is 6.42 Å². The summed E-state index contributed by atoms with van der Waals surface area (Å²) < 4.78 is 7.48. The number of carbonyl (C=O) groups excluding carboxylic acids is 1. The number of halogens is 1. The van der Waals surface area contributed by atoms with Crippen molar-refractivity contribution in [1.82, 2.24) is 15.1 Å². The van der Waals surface area contributed by atoms with Crippen LogP contribution < -0.4 is 5.32 Å². The molecular weight excluding hydrogens is 254 g/mol. The van der Waals surface area contributed by atoms with Crippen LogP contribution in [0.2, 0.25) is 0 Å². The van der Waals surface area contributed by atoms with Crippen LogP contribution in [0.25, 0.3) is 0 Å². The third kappa shape index (κ3) is 2.67. The van der Waals surface area contributed by atoms with Crippen molar-refractivity contribution in [1.29, 1.82) is 0 Å². The van der Waals surface area contributed by atoms with Gasteiger partial charge in [0.25, 0.3) is 0 Å². The molecular formula is C12H18ClN3O2. The first kappa shape index (κ1) is 13.4. The fourth-order valence-corrected chi connectivity index (χ4v) is 2.29. The number of ether oxygens (including phenoxy) is 1. The van der Waals surface area contributed by atoms with E-state index in [4.69, 9.17) is 16.3 Å². The van der Waals surface area contributed by atoms with E-state index < -0.39 is 5.38 Å². The second-order valence-corrected chi connectivity index (χ2v) is 5.09. The Balaban J connectivity index is 2.02. The molecule has 18 heavy (non-hydrogen) atoms. The molecule has 100 valence electrons. The fraction of sp³-hybridized carbons (Fsp3) is 0.667. The Kier molecular flexibility index (Phi) is 4.24. The number of carbonyl (C=O) groups is 1. The number of nitrogens with zero attached hydrogens (tertiary/aromatic N) is 2. The summed E-state index contributed by atoms with van der Waals surface area (Å²) in [5.41, 5.74) is 0. The Morgan fingerprint density at radius 3 is 3.06 bits per heavy atom. The van der Waals surface area contributed by atoms with Gasteiger partial charge < -0.3 is 10.1 Å². The first-order chi connectivity index (χ1) is 8.63. The highest BCUT2D eigenvalue weighted by molar-refractivity contribution is 6.30. The van der Waals surface area contributed by atoms with E-state index in [-0.39, 0.29) is 24.1 Å². The van der Waals surface area contributed by atoms with E-state index in [1.807, 2.05) is 23.9 Å². The monoisotopic (exact) mass is 271 g/mol. The van der Waals surface area contributed by atoms with Gasteiger partial charge in [-0.25, -0.2) is 0 Å². The molecule has 1 aliphatic rings. The van der Waals surface area contributed by atoms with Gasteiger partial charge in [-0.2, -0.15) is 5.10 Å². The van der Waals surface area contributed by atoms with Crippen molar-refractivity contribution in [2.45, 2.75) is 43.8 Å². The van der Waals surface area contributed by atoms with Crippen molar-refractivity contribution in [3.8, 4) is 0 Å². The number of aromatic nitrogens is 2. The van der Waals surface area contributed by atoms with Crippen LogP contribution in [-0.2, 0) is 9.53 Å². The summed E-state index contributed by atoms with van der Waals surface area (Å²) in [6.07, 6.45) is 4.52. The Bertz CT molecular complexity index is 394. The number of nitrogens with one attached hydrogen (secondary N) is 1. The average Bonchev–Trinajstić information content (AvgIpc) is 2.80. The molecule has 1 aromatic heterocycles. The van der Waals surface area contributed by atoms with Gasteiger partial charge in [-0.1, -0.05) is 0 Å². The van der Waals surface area contributed by atoms with Gasteiger partial charge in [-0.05, 0) is 26.3 Å². The standard InChI is InChI=1S/C12H18ClN3O2/c1-3-18-10-7-9(15-12(17)8(2)13)11(10)16-6-4-5-14-16/h4-6,8-11H,3,7H2,1-2H3,(H,15,17). The minimum atomic E-state index is -0.519. The smallest absolute Gasteiger partial charge is 0.238 e. The van der Waals surface area contributed by atoms with Crippen LogP contribution in [0.4, 0.5) is 0 Å². The predicted octanol–water partition coefficient (Wildman–Crippen LogP) is 1.35. The molecule has 1 N–H and O–H groups in total. The summed E-state index contributed by atoms with van der Waals surface area (Å²) in [6.45, 7) is 4.29. The number of alkyl halides is 1. The van der Waals surface area contributed by atoms with Crippen LogP contribution in [-0.4, -0.2) is 39.8 Å². The zero-order valence-corrected chi connectivity index (χ0v) is 11.3. The zero-order valence-electron chi connectivity index (χ0n) is 10.5. The number of hydrogen-bond acceptors (Lipinski definition) is 3. The van der Waals surface area contributed by atoms with Gasteiger partial charge in [0.1, 0.15) is 5.38 Å². The summed E-state index contributed by atoms with van der Waals surface area (Å²) >= 11 is 5.76. The maximum Gasteiger partial charge on any atom is 0.238 e. The lowest BCUT2D eigenvalue weighted by molar-refractivity contribution is -0.125. The summed E-state index contributed by atoms with van der Waals surface area (Å²) in [6, 6.07) is 1.96. The SMILES string of the molecule is CCOC1CC(NC(=O)C(C)Cl)C1n1cccn1. The maximum absolute atomic E-state index is 11.6. The topological polar surface area (TPSA) is 56.1 Å². The van der Waals surface area contributed by atoms with E-state index in [2.05, 4.69) is 10.4 Å². The molecule has 4 atom stereocenters. The normalized spacial score (nSPS) is 28.5.